The molecule has 1 aromatic heterocycles. The molecule has 0 aliphatic rings. The van der Waals surface area contributed by atoms with Crippen molar-refractivity contribution in [3.63, 3.8) is 0 Å². The number of tetrazole rings is 1. The van der Waals surface area contributed by atoms with E-state index >= 15 is 0 Å². The van der Waals surface area contributed by atoms with Gasteiger partial charge in [-0.3, -0.25) is 19.7 Å². The molecule has 2 amide bonds. The number of phenolic OH excluding ortho intramolecular Hbond substituents is 1. The van der Waals surface area contributed by atoms with Crippen molar-refractivity contribution in [2.45, 2.75) is 34.9 Å². The second kappa shape index (κ2) is 15.3. The van der Waals surface area contributed by atoms with Crippen molar-refractivity contribution >= 4 is 73.7 Å². The number of carbonyl (C=O) groups excluding carboxylic acids is 2. The molecule has 0 saturated carbocycles. The van der Waals surface area contributed by atoms with E-state index in [1.807, 2.05) is 0 Å². The summed E-state index contributed by atoms with van der Waals surface area (Å²) in [4.78, 5) is 37.9. The van der Waals surface area contributed by atoms with Crippen LogP contribution in [0.15, 0.2) is 82.8 Å². The predicted octanol–water partition coefficient (Wildman–Crippen LogP) is 6.58. The van der Waals surface area contributed by atoms with E-state index in [1.54, 1.807) is 32.2 Å². The lowest BCUT2D eigenvalue weighted by atomic mass is 10.1. The molecular weight excluding hydrogens is 745 g/mol. The van der Waals surface area contributed by atoms with Crippen molar-refractivity contribution in [2.24, 2.45) is 7.05 Å². The lowest BCUT2D eigenvalue weighted by Crippen LogP contribution is -2.32. The molecular formula is C32H27Cl2N7O8S2. The van der Waals surface area contributed by atoms with E-state index in [9.17, 15) is 33.2 Å². The Balaban J connectivity index is 1.49. The molecule has 0 radical (unpaired) electrons. The summed E-state index contributed by atoms with van der Waals surface area (Å²) in [5.41, 5.74) is 0.516. The van der Waals surface area contributed by atoms with Gasteiger partial charge in [-0.05, 0) is 66.2 Å². The van der Waals surface area contributed by atoms with Gasteiger partial charge in [0.1, 0.15) is 11.0 Å². The molecule has 1 atom stereocenters. The van der Waals surface area contributed by atoms with E-state index in [2.05, 4.69) is 26.2 Å². The monoisotopic (exact) mass is 771 g/mol. The second-order valence-corrected chi connectivity index (χ2v) is 15.0. The summed E-state index contributed by atoms with van der Waals surface area (Å²) >= 11 is 13.3. The number of nitrogens with zero attached hydrogens (tertiary/aromatic N) is 5. The minimum Gasteiger partial charge on any atom is -0.506 e. The van der Waals surface area contributed by atoms with E-state index in [-0.39, 0.29) is 49.1 Å². The summed E-state index contributed by atoms with van der Waals surface area (Å²) in [5, 5.41) is 38.4. The third kappa shape index (κ3) is 8.57. The predicted molar refractivity (Wildman–Crippen MR) is 191 cm³/mol. The summed E-state index contributed by atoms with van der Waals surface area (Å²) < 4.78 is 34.0. The summed E-state index contributed by atoms with van der Waals surface area (Å²) in [6.07, 6.45) is 0. The number of phenols is 1. The first-order chi connectivity index (χ1) is 24.1. The third-order valence-electron chi connectivity index (χ3n) is 7.36. The van der Waals surface area contributed by atoms with Gasteiger partial charge >= 0.3 is 5.69 Å². The van der Waals surface area contributed by atoms with Crippen LogP contribution in [-0.4, -0.2) is 55.7 Å². The molecule has 0 spiro atoms. The molecule has 5 rings (SSSR count). The SMILES string of the molecule is Cc1ccc(S(=O)(=O)C(C)C(=O)Nc2cc(O)c(NC(=O)c3ccc(Cl)c(Cl)c3)cc2Oc2ccc(CSc3nnnn3C)cc2[N+](=O)[O-])cc1. The number of hydrogen-bond donors (Lipinski definition) is 3. The number of nitrogens with one attached hydrogen (secondary N) is 2. The molecule has 3 N–H and O–H groups in total. The van der Waals surface area contributed by atoms with Crippen molar-refractivity contribution in [1.82, 2.24) is 20.2 Å². The molecule has 51 heavy (non-hydrogen) atoms. The smallest absolute Gasteiger partial charge is 0.311 e. The van der Waals surface area contributed by atoms with Gasteiger partial charge in [0.05, 0.1) is 31.2 Å². The van der Waals surface area contributed by atoms with Crippen molar-refractivity contribution in [2.75, 3.05) is 10.6 Å². The maximum absolute atomic E-state index is 13.4. The molecule has 19 heteroatoms. The van der Waals surface area contributed by atoms with Crippen LogP contribution in [0.1, 0.15) is 28.4 Å². The number of aromatic nitrogens is 4. The summed E-state index contributed by atoms with van der Waals surface area (Å²) in [6.45, 7) is 2.97. The number of aryl methyl sites for hydroxylation is 2. The Bertz CT molecular complexity index is 2270. The van der Waals surface area contributed by atoms with Crippen molar-refractivity contribution in [3.8, 4) is 17.2 Å². The van der Waals surface area contributed by atoms with Crippen LogP contribution >= 0.6 is 35.0 Å². The first-order valence-electron chi connectivity index (χ1n) is 14.7. The maximum Gasteiger partial charge on any atom is 0.311 e. The molecule has 0 bridgehead atoms. The number of nitro benzene ring substituents is 1. The lowest BCUT2D eigenvalue weighted by molar-refractivity contribution is -0.385. The highest BCUT2D eigenvalue weighted by Gasteiger charge is 2.31. The zero-order valence-electron chi connectivity index (χ0n) is 26.8. The fraction of sp³-hybridized carbons (Fsp3) is 0.156. The fourth-order valence-electron chi connectivity index (χ4n) is 4.48. The first-order valence-corrected chi connectivity index (χ1v) is 18.0. The zero-order chi connectivity index (χ0) is 37.0. The van der Waals surface area contributed by atoms with Gasteiger partial charge in [0.25, 0.3) is 5.91 Å². The molecule has 0 aliphatic carbocycles. The number of sulfone groups is 1. The van der Waals surface area contributed by atoms with E-state index in [1.165, 1.54) is 65.8 Å². The highest BCUT2D eigenvalue weighted by atomic mass is 35.5. The quantitative estimate of drug-likeness (QED) is 0.0532. The molecule has 0 fully saturated rings. The average molecular weight is 773 g/mol. The minimum absolute atomic E-state index is 0.0833. The topological polar surface area (TPSA) is 209 Å². The minimum atomic E-state index is -4.16. The molecule has 1 heterocycles. The largest absolute Gasteiger partial charge is 0.506 e. The number of carbonyl (C=O) groups is 2. The van der Waals surface area contributed by atoms with Crippen LogP contribution in [0, 0.1) is 17.0 Å². The van der Waals surface area contributed by atoms with Crippen LogP contribution in [0.25, 0.3) is 0 Å². The Kier molecular flexibility index (Phi) is 11.1. The van der Waals surface area contributed by atoms with Crippen molar-refractivity contribution in [1.29, 1.82) is 0 Å². The lowest BCUT2D eigenvalue weighted by Gasteiger charge is -2.18. The number of aromatic hydroxyl groups is 1. The Labute approximate surface area is 305 Å². The van der Waals surface area contributed by atoms with Crippen molar-refractivity contribution < 1.29 is 32.8 Å². The van der Waals surface area contributed by atoms with E-state index in [0.717, 1.165) is 17.7 Å². The van der Waals surface area contributed by atoms with E-state index < -0.39 is 43.3 Å². The normalized spacial score (nSPS) is 11.9. The van der Waals surface area contributed by atoms with Crippen LogP contribution in [0.5, 0.6) is 17.2 Å². The average Bonchev–Trinajstić information content (AvgIpc) is 3.51. The Morgan fingerprint density at radius 2 is 1.73 bits per heavy atom. The molecule has 264 valence electrons. The van der Waals surface area contributed by atoms with E-state index in [0.29, 0.717) is 10.7 Å². The van der Waals surface area contributed by atoms with Crippen LogP contribution in [0.3, 0.4) is 0 Å². The van der Waals surface area contributed by atoms with Gasteiger partial charge < -0.3 is 20.5 Å². The molecule has 0 aliphatic heterocycles. The van der Waals surface area contributed by atoms with Gasteiger partial charge in [-0.2, -0.15) is 0 Å². The zero-order valence-corrected chi connectivity index (χ0v) is 30.0. The third-order valence-corrected chi connectivity index (χ3v) is 11.3. The van der Waals surface area contributed by atoms with Crippen LogP contribution in [0.2, 0.25) is 10.0 Å². The molecule has 4 aromatic carbocycles. The first kappa shape index (κ1) is 37.0. The highest BCUT2D eigenvalue weighted by molar-refractivity contribution is 7.98. The Hall–Kier alpha value is -5.23. The summed E-state index contributed by atoms with van der Waals surface area (Å²) in [6, 6.07) is 16.4. The van der Waals surface area contributed by atoms with Gasteiger partial charge in [-0.1, -0.05) is 58.7 Å². The number of amides is 2. The van der Waals surface area contributed by atoms with Crippen LogP contribution in [0.4, 0.5) is 17.1 Å². The number of hydrogen-bond acceptors (Lipinski definition) is 12. The number of benzene rings is 4. The highest BCUT2D eigenvalue weighted by Crippen LogP contribution is 2.42. The summed E-state index contributed by atoms with van der Waals surface area (Å²) in [7, 11) is -2.51. The van der Waals surface area contributed by atoms with E-state index in [4.69, 9.17) is 27.9 Å². The van der Waals surface area contributed by atoms with Gasteiger partial charge in [-0.15, -0.1) is 5.10 Å². The Morgan fingerprint density at radius 1 is 1.00 bits per heavy atom. The maximum atomic E-state index is 13.4. The second-order valence-electron chi connectivity index (χ2n) is 11.0. The standard InChI is InChI=1S/C32H27Cl2N7O8S2/c1-17-4-8-21(9-5-17)51(47,48)18(2)30(43)36-25-14-27(42)24(35-31(44)20-7-10-22(33)23(34)13-20)15-29(25)49-28-11-6-19(12-26(28)41(45)46)16-50-32-37-38-39-40(32)3/h4-15,18,42H,16H2,1-3H3,(H,35,44)(H,36,43). The fourth-order valence-corrected chi connectivity index (χ4v) is 6.84. The number of thioether (sulfide) groups is 1. The number of ether oxygens (including phenoxy) is 1. The number of nitro groups is 1. The van der Waals surface area contributed by atoms with Crippen LogP contribution < -0.4 is 15.4 Å². The molecule has 0 saturated heterocycles. The number of anilines is 2. The summed E-state index contributed by atoms with van der Waals surface area (Å²) in [5.74, 6) is -2.53. The van der Waals surface area contributed by atoms with Gasteiger partial charge in [0.2, 0.25) is 16.8 Å². The molecule has 15 nitrogen and oxygen atoms in total. The molecule has 1 unspecified atom stereocenters. The van der Waals surface area contributed by atoms with Gasteiger partial charge in [-0.25, -0.2) is 13.1 Å². The van der Waals surface area contributed by atoms with Gasteiger partial charge in [0, 0.05) is 36.6 Å². The van der Waals surface area contributed by atoms with Crippen LogP contribution in [-0.2, 0) is 27.4 Å². The van der Waals surface area contributed by atoms with Gasteiger partial charge in [0.15, 0.2) is 15.6 Å². The Morgan fingerprint density at radius 3 is 2.37 bits per heavy atom. The number of halogens is 2. The molecule has 5 aromatic rings. The number of rotatable bonds is 12. The van der Waals surface area contributed by atoms with Crippen molar-refractivity contribution in [3.05, 3.63) is 110 Å².